The van der Waals surface area contributed by atoms with E-state index in [2.05, 4.69) is 25.7 Å². The molecule has 0 saturated heterocycles. The van der Waals surface area contributed by atoms with Crippen molar-refractivity contribution < 1.29 is 18.7 Å². The fraction of sp³-hybridized carbons (Fsp3) is 0.312. The van der Waals surface area contributed by atoms with Crippen LogP contribution in [0.3, 0.4) is 0 Å². The van der Waals surface area contributed by atoms with Crippen LogP contribution in [0.5, 0.6) is 5.75 Å². The summed E-state index contributed by atoms with van der Waals surface area (Å²) in [5.74, 6) is 0.841. The molecule has 0 aliphatic rings. The van der Waals surface area contributed by atoms with Gasteiger partial charge in [0.2, 0.25) is 0 Å². The van der Waals surface area contributed by atoms with Gasteiger partial charge in [0.1, 0.15) is 11.6 Å². The third-order valence-electron chi connectivity index (χ3n) is 3.40. The van der Waals surface area contributed by atoms with Gasteiger partial charge in [0, 0.05) is 20.6 Å². The lowest BCUT2D eigenvalue weighted by Gasteiger charge is -2.22. The van der Waals surface area contributed by atoms with E-state index < -0.39 is 6.61 Å². The minimum atomic E-state index is -2.83. The summed E-state index contributed by atoms with van der Waals surface area (Å²) in [6, 6.07) is 8.25. The molecule has 1 N–H and O–H groups in total. The lowest BCUT2D eigenvalue weighted by atomic mass is 10.2. The highest BCUT2D eigenvalue weighted by molar-refractivity contribution is 9.10. The van der Waals surface area contributed by atoms with Gasteiger partial charge in [-0.15, -0.1) is 0 Å². The summed E-state index contributed by atoms with van der Waals surface area (Å²) in [5, 5.41) is 10.6. The molecule has 2 aromatic rings. The Morgan fingerprint density at radius 1 is 1.25 bits per heavy atom. The minimum Gasteiger partial charge on any atom is -0.435 e. The van der Waals surface area contributed by atoms with E-state index in [-0.39, 0.29) is 5.75 Å². The van der Waals surface area contributed by atoms with Gasteiger partial charge < -0.3 is 9.64 Å². The molecule has 1 aromatic heterocycles. The Labute approximate surface area is 147 Å². The molecule has 1 aromatic carbocycles. The number of ether oxygens (including phenoxy) is 1. The first-order chi connectivity index (χ1) is 11.3. The molecule has 0 atom stereocenters. The van der Waals surface area contributed by atoms with Crippen LogP contribution in [0.1, 0.15) is 11.3 Å². The molecule has 0 spiro atoms. The van der Waals surface area contributed by atoms with Crippen molar-refractivity contribution in [3.8, 4) is 5.75 Å². The molecular weight excluding hydrogens is 384 g/mol. The van der Waals surface area contributed by atoms with E-state index in [9.17, 15) is 14.0 Å². The summed E-state index contributed by atoms with van der Waals surface area (Å²) in [4.78, 5) is 6.42. The number of halogens is 3. The molecule has 5 nitrogen and oxygen atoms in total. The fourth-order valence-corrected chi connectivity index (χ4v) is 2.89. The van der Waals surface area contributed by atoms with Gasteiger partial charge in [-0.25, -0.2) is 4.98 Å². The maximum absolute atomic E-state index is 12.2. The zero-order valence-corrected chi connectivity index (χ0v) is 15.1. The Morgan fingerprint density at radius 3 is 2.42 bits per heavy atom. The van der Waals surface area contributed by atoms with Crippen LogP contribution < -0.4 is 14.7 Å². The first kappa shape index (κ1) is 18.4. The van der Waals surface area contributed by atoms with Crippen LogP contribution in [0.25, 0.3) is 0 Å². The van der Waals surface area contributed by atoms with Gasteiger partial charge in [-0.1, -0.05) is 12.1 Å². The first-order valence-electron chi connectivity index (χ1n) is 7.12. The van der Waals surface area contributed by atoms with Crippen LogP contribution in [-0.2, 0) is 6.54 Å². The van der Waals surface area contributed by atoms with Gasteiger partial charge in [0.05, 0.1) is 15.9 Å². The number of rotatable bonds is 6. The highest BCUT2D eigenvalue weighted by Gasteiger charge is 2.14. The van der Waals surface area contributed by atoms with E-state index in [1.165, 1.54) is 19.2 Å². The number of alkyl halides is 2. The fourth-order valence-electron chi connectivity index (χ4n) is 2.28. The Hall–Kier alpha value is -1.93. The van der Waals surface area contributed by atoms with Gasteiger partial charge in [-0.05, 0) is 46.6 Å². The monoisotopic (exact) mass is 401 g/mol. The third kappa shape index (κ3) is 4.55. The Morgan fingerprint density at radius 2 is 1.88 bits per heavy atom. The molecule has 24 heavy (non-hydrogen) atoms. The van der Waals surface area contributed by atoms with E-state index in [1.807, 2.05) is 18.9 Å². The maximum Gasteiger partial charge on any atom is 0.387 e. The second-order valence-corrected chi connectivity index (χ2v) is 6.15. The van der Waals surface area contributed by atoms with Crippen LogP contribution >= 0.6 is 15.9 Å². The van der Waals surface area contributed by atoms with Crippen molar-refractivity contribution in [3.63, 3.8) is 0 Å². The molecule has 0 amide bonds. The molecule has 0 bridgehead atoms. The summed E-state index contributed by atoms with van der Waals surface area (Å²) < 4.78 is 29.4. The molecule has 8 heteroatoms. The van der Waals surface area contributed by atoms with Crippen LogP contribution in [0.15, 0.2) is 34.8 Å². The van der Waals surface area contributed by atoms with Crippen LogP contribution in [0, 0.1) is 6.92 Å². The quantitative estimate of drug-likeness (QED) is 0.734. The molecule has 2 rings (SSSR count). The summed E-state index contributed by atoms with van der Waals surface area (Å²) in [5.41, 5.74) is 2.21. The molecule has 0 aliphatic heterocycles. The predicted octanol–water partition coefficient (Wildman–Crippen LogP) is 4.22. The molecule has 1 heterocycles. The predicted molar refractivity (Wildman–Crippen MR) is 92.0 cm³/mol. The summed E-state index contributed by atoms with van der Waals surface area (Å²) >= 11 is 3.46. The van der Waals surface area contributed by atoms with Crippen molar-refractivity contribution in [2.24, 2.45) is 0 Å². The van der Waals surface area contributed by atoms with Crippen molar-refractivity contribution >= 4 is 27.4 Å². The molecule has 0 aliphatic carbocycles. The number of nitrogens with zero attached hydrogens (tertiary/aromatic N) is 3. The zero-order valence-electron chi connectivity index (χ0n) is 13.5. The largest absolute Gasteiger partial charge is 0.435 e. The van der Waals surface area contributed by atoms with Crippen molar-refractivity contribution in [3.05, 3.63) is 46.1 Å². The smallest absolute Gasteiger partial charge is 0.387 e. The Kier molecular flexibility index (Phi) is 5.95. The first-order valence-corrected chi connectivity index (χ1v) is 7.92. The van der Waals surface area contributed by atoms with Crippen LogP contribution in [-0.4, -0.2) is 30.9 Å². The molecule has 0 saturated carbocycles. The molecule has 0 unspecified atom stereocenters. The maximum atomic E-state index is 12.2. The van der Waals surface area contributed by atoms with Gasteiger partial charge in [-0.2, -0.15) is 8.78 Å². The average Bonchev–Trinajstić information content (AvgIpc) is 2.50. The number of aryl methyl sites for hydroxylation is 1. The van der Waals surface area contributed by atoms with Crippen molar-refractivity contribution in [2.45, 2.75) is 20.1 Å². The minimum absolute atomic E-state index is 0.127. The number of aromatic nitrogens is 1. The number of anilines is 2. The van der Waals surface area contributed by atoms with Gasteiger partial charge in [0.25, 0.3) is 0 Å². The third-order valence-corrected chi connectivity index (χ3v) is 3.98. The highest BCUT2D eigenvalue weighted by atomic mass is 79.9. The van der Waals surface area contributed by atoms with E-state index in [4.69, 9.17) is 0 Å². The topological polar surface area (TPSA) is 48.8 Å². The van der Waals surface area contributed by atoms with E-state index in [0.29, 0.717) is 23.7 Å². The summed E-state index contributed by atoms with van der Waals surface area (Å²) in [6.07, 6.45) is 0. The lowest BCUT2D eigenvalue weighted by Crippen LogP contribution is -2.20. The molecule has 130 valence electrons. The van der Waals surface area contributed by atoms with Crippen molar-refractivity contribution in [2.75, 3.05) is 24.1 Å². The number of hydroxylamine groups is 1. The number of hydrogen-bond acceptors (Lipinski definition) is 5. The standard InChI is InChI=1S/C16H18BrF2N3O2/c1-10-14(22(3)23)8-13(17)15(20-10)21(2)9-11-4-6-12(7-5-11)24-16(18)19/h4-8,16,23H,9H2,1-3H3. The number of hydrogen-bond donors (Lipinski definition) is 1. The average molecular weight is 402 g/mol. The second kappa shape index (κ2) is 7.76. The van der Waals surface area contributed by atoms with Crippen molar-refractivity contribution in [1.82, 2.24) is 4.98 Å². The molecule has 0 fully saturated rings. The van der Waals surface area contributed by atoms with Gasteiger partial charge >= 0.3 is 6.61 Å². The van der Waals surface area contributed by atoms with Crippen LogP contribution in [0.2, 0.25) is 0 Å². The molecular formula is C16H18BrF2N3O2. The number of pyridine rings is 1. The van der Waals surface area contributed by atoms with Crippen molar-refractivity contribution in [1.29, 1.82) is 0 Å². The summed E-state index contributed by atoms with van der Waals surface area (Å²) in [7, 11) is 3.40. The highest BCUT2D eigenvalue weighted by Crippen LogP contribution is 2.30. The van der Waals surface area contributed by atoms with Gasteiger partial charge in [-0.3, -0.25) is 10.3 Å². The molecule has 0 radical (unpaired) electrons. The lowest BCUT2D eigenvalue weighted by molar-refractivity contribution is -0.0498. The second-order valence-electron chi connectivity index (χ2n) is 5.30. The van der Waals surface area contributed by atoms with Crippen LogP contribution in [0.4, 0.5) is 20.3 Å². The van der Waals surface area contributed by atoms with E-state index in [1.54, 1.807) is 18.2 Å². The Bertz CT molecular complexity index is 696. The Balaban J connectivity index is 2.15. The normalized spacial score (nSPS) is 10.8. The number of benzene rings is 1. The van der Waals surface area contributed by atoms with E-state index in [0.717, 1.165) is 15.1 Å². The SMILES string of the molecule is Cc1nc(N(C)Cc2ccc(OC(F)F)cc2)c(Br)cc1N(C)O. The zero-order chi connectivity index (χ0) is 17.9. The summed E-state index contributed by atoms with van der Waals surface area (Å²) in [6.45, 7) is -0.485. The van der Waals surface area contributed by atoms with E-state index >= 15 is 0 Å². The van der Waals surface area contributed by atoms with Gasteiger partial charge in [0.15, 0.2) is 0 Å².